The predicted molar refractivity (Wildman–Crippen MR) is 120 cm³/mol. The Kier molecular flexibility index (Phi) is 6.76. The minimum Gasteiger partial charge on any atom is -0.506 e. The van der Waals surface area contributed by atoms with Gasteiger partial charge in [-0.1, -0.05) is 49.6 Å². The molecule has 2 N–H and O–H groups in total. The summed E-state index contributed by atoms with van der Waals surface area (Å²) in [6.45, 7) is 3.67. The van der Waals surface area contributed by atoms with Gasteiger partial charge in [-0.2, -0.15) is 0 Å². The minimum absolute atomic E-state index is 0.00500. The van der Waals surface area contributed by atoms with Gasteiger partial charge in [-0.05, 0) is 43.6 Å². The first-order valence-corrected chi connectivity index (χ1v) is 11.5. The second kappa shape index (κ2) is 9.69. The number of rotatable bonds is 6. The molecule has 2 aromatic carbocycles. The van der Waals surface area contributed by atoms with Crippen LogP contribution in [0.3, 0.4) is 0 Å². The van der Waals surface area contributed by atoms with Gasteiger partial charge < -0.3 is 15.2 Å². The van der Waals surface area contributed by atoms with E-state index in [1.54, 1.807) is 12.1 Å². The number of nitrogens with zero attached hydrogens (tertiary/aromatic N) is 1. The largest absolute Gasteiger partial charge is 0.506 e. The van der Waals surface area contributed by atoms with Crippen LogP contribution < -0.4 is 5.32 Å². The number of esters is 1. The summed E-state index contributed by atoms with van der Waals surface area (Å²) in [6, 6.07) is 10.5. The standard InChI is InChI=1S/C25H32N2O4/c1-2-31-25(30)22-14-19(16-27(22)15-17-8-4-3-5-9-17)26-24(29)21-13-12-18-10-6-7-11-20(18)23(21)28/h6-7,10-13,17,19,22,28H,2-5,8-9,14-16H2,1H3,(H,26,29)/t19-,22?/m0/s1. The van der Waals surface area contributed by atoms with Crippen molar-refractivity contribution >= 4 is 22.6 Å². The molecule has 1 unspecified atom stereocenters. The van der Waals surface area contributed by atoms with Crippen LogP contribution in [0.15, 0.2) is 36.4 Å². The van der Waals surface area contributed by atoms with Crippen molar-refractivity contribution in [2.24, 2.45) is 5.92 Å². The van der Waals surface area contributed by atoms with Crippen LogP contribution in [0.2, 0.25) is 0 Å². The number of amides is 1. The first-order chi connectivity index (χ1) is 15.1. The molecule has 0 spiro atoms. The lowest BCUT2D eigenvalue weighted by Gasteiger charge is -2.29. The van der Waals surface area contributed by atoms with E-state index in [9.17, 15) is 14.7 Å². The topological polar surface area (TPSA) is 78.9 Å². The Morgan fingerprint density at radius 3 is 2.68 bits per heavy atom. The molecule has 2 aliphatic rings. The van der Waals surface area contributed by atoms with Crippen LogP contribution in [0.25, 0.3) is 10.8 Å². The maximum Gasteiger partial charge on any atom is 0.323 e. The van der Waals surface area contributed by atoms with Gasteiger partial charge in [0.2, 0.25) is 0 Å². The van der Waals surface area contributed by atoms with E-state index < -0.39 is 0 Å². The van der Waals surface area contributed by atoms with Gasteiger partial charge in [-0.15, -0.1) is 0 Å². The monoisotopic (exact) mass is 424 g/mol. The number of fused-ring (bicyclic) bond motifs is 1. The van der Waals surface area contributed by atoms with Crippen molar-refractivity contribution in [3.63, 3.8) is 0 Å². The molecule has 1 aliphatic heterocycles. The number of phenols is 1. The zero-order valence-corrected chi connectivity index (χ0v) is 18.2. The number of benzene rings is 2. The summed E-state index contributed by atoms with van der Waals surface area (Å²) in [5.74, 6) is 0.0817. The zero-order chi connectivity index (χ0) is 21.8. The van der Waals surface area contributed by atoms with Crippen LogP contribution in [-0.2, 0) is 9.53 Å². The molecular weight excluding hydrogens is 392 g/mol. The van der Waals surface area contributed by atoms with Crippen molar-refractivity contribution in [2.45, 2.75) is 57.5 Å². The van der Waals surface area contributed by atoms with E-state index in [0.717, 1.165) is 11.9 Å². The van der Waals surface area contributed by atoms with Gasteiger partial charge in [0.15, 0.2) is 0 Å². The maximum absolute atomic E-state index is 13.0. The quantitative estimate of drug-likeness (QED) is 0.689. The number of likely N-dealkylation sites (tertiary alicyclic amines) is 1. The van der Waals surface area contributed by atoms with Gasteiger partial charge in [-0.3, -0.25) is 14.5 Å². The third-order valence-electron chi connectivity index (χ3n) is 6.66. The number of aromatic hydroxyl groups is 1. The molecule has 1 saturated heterocycles. The highest BCUT2D eigenvalue weighted by Gasteiger charge is 2.39. The molecule has 166 valence electrons. The second-order valence-electron chi connectivity index (χ2n) is 8.81. The van der Waals surface area contributed by atoms with Crippen LogP contribution >= 0.6 is 0 Å². The molecule has 1 saturated carbocycles. The van der Waals surface area contributed by atoms with Crippen molar-refractivity contribution in [3.8, 4) is 5.75 Å². The lowest BCUT2D eigenvalue weighted by Crippen LogP contribution is -2.41. The molecule has 1 amide bonds. The van der Waals surface area contributed by atoms with Gasteiger partial charge >= 0.3 is 5.97 Å². The fourth-order valence-corrected chi connectivity index (χ4v) is 5.10. The Bertz CT molecular complexity index is 938. The minimum atomic E-state index is -0.322. The SMILES string of the molecule is CCOC(=O)C1C[C@H](NC(=O)c2ccc3ccccc3c2O)CN1CC1CCCCC1. The molecule has 6 nitrogen and oxygen atoms in total. The van der Waals surface area contributed by atoms with Crippen molar-refractivity contribution in [1.29, 1.82) is 0 Å². The molecule has 31 heavy (non-hydrogen) atoms. The van der Waals surface area contributed by atoms with E-state index >= 15 is 0 Å². The Labute approximate surface area is 183 Å². The molecule has 1 aliphatic carbocycles. The number of hydrogen-bond donors (Lipinski definition) is 2. The lowest BCUT2D eigenvalue weighted by molar-refractivity contribution is -0.148. The van der Waals surface area contributed by atoms with Crippen LogP contribution in [0, 0.1) is 5.92 Å². The summed E-state index contributed by atoms with van der Waals surface area (Å²) >= 11 is 0. The van der Waals surface area contributed by atoms with E-state index in [1.165, 1.54) is 32.1 Å². The van der Waals surface area contributed by atoms with Gasteiger partial charge in [0.05, 0.1) is 12.2 Å². The van der Waals surface area contributed by atoms with Crippen molar-refractivity contribution < 1.29 is 19.4 Å². The molecule has 1 heterocycles. The summed E-state index contributed by atoms with van der Waals surface area (Å²) in [7, 11) is 0. The van der Waals surface area contributed by atoms with Crippen molar-refractivity contribution in [3.05, 3.63) is 42.0 Å². The maximum atomic E-state index is 13.0. The molecule has 2 fully saturated rings. The lowest BCUT2D eigenvalue weighted by atomic mass is 9.89. The van der Waals surface area contributed by atoms with Gasteiger partial charge in [0, 0.05) is 24.5 Å². The first-order valence-electron chi connectivity index (χ1n) is 11.5. The Morgan fingerprint density at radius 2 is 1.90 bits per heavy atom. The highest BCUT2D eigenvalue weighted by atomic mass is 16.5. The van der Waals surface area contributed by atoms with E-state index in [1.807, 2.05) is 31.2 Å². The third-order valence-corrected chi connectivity index (χ3v) is 6.66. The average Bonchev–Trinajstić information content (AvgIpc) is 3.17. The molecule has 6 heteroatoms. The molecule has 0 bridgehead atoms. The van der Waals surface area contributed by atoms with E-state index in [4.69, 9.17) is 4.74 Å². The smallest absolute Gasteiger partial charge is 0.323 e. The van der Waals surface area contributed by atoms with E-state index in [0.29, 0.717) is 30.9 Å². The number of carbonyl (C=O) groups is 2. The number of carbonyl (C=O) groups excluding carboxylic acids is 2. The normalized spacial score (nSPS) is 22.5. The van der Waals surface area contributed by atoms with Crippen molar-refractivity contribution in [2.75, 3.05) is 19.7 Å². The highest BCUT2D eigenvalue weighted by Crippen LogP contribution is 2.30. The highest BCUT2D eigenvalue weighted by molar-refractivity contribution is 6.03. The van der Waals surface area contributed by atoms with Gasteiger partial charge in [0.1, 0.15) is 11.8 Å². The average molecular weight is 425 g/mol. The molecule has 2 atom stereocenters. The predicted octanol–water partition coefficient (Wildman–Crippen LogP) is 3.86. The van der Waals surface area contributed by atoms with Crippen molar-refractivity contribution in [1.82, 2.24) is 10.2 Å². The number of nitrogens with one attached hydrogen (secondary N) is 1. The Hall–Kier alpha value is -2.60. The first kappa shape index (κ1) is 21.6. The zero-order valence-electron chi connectivity index (χ0n) is 18.2. The molecule has 0 aromatic heterocycles. The van der Waals surface area contributed by atoms with Gasteiger partial charge in [0.25, 0.3) is 5.91 Å². The second-order valence-corrected chi connectivity index (χ2v) is 8.81. The Balaban J connectivity index is 1.46. The molecule has 4 rings (SSSR count). The fourth-order valence-electron chi connectivity index (χ4n) is 5.10. The number of ether oxygens (including phenoxy) is 1. The van der Waals surface area contributed by atoms with Crippen LogP contribution in [0.4, 0.5) is 0 Å². The summed E-state index contributed by atoms with van der Waals surface area (Å²) in [5.41, 5.74) is 0.261. The van der Waals surface area contributed by atoms with E-state index in [-0.39, 0.29) is 35.3 Å². The van der Waals surface area contributed by atoms with E-state index in [2.05, 4.69) is 10.2 Å². The van der Waals surface area contributed by atoms with Gasteiger partial charge in [-0.25, -0.2) is 0 Å². The molecule has 0 radical (unpaired) electrons. The summed E-state index contributed by atoms with van der Waals surface area (Å²) in [5, 5.41) is 15.2. The number of hydrogen-bond acceptors (Lipinski definition) is 5. The van der Waals surface area contributed by atoms with Crippen LogP contribution in [0.5, 0.6) is 5.75 Å². The molecular formula is C25H32N2O4. The molecule has 2 aromatic rings. The van der Waals surface area contributed by atoms with Crippen LogP contribution in [0.1, 0.15) is 55.8 Å². The Morgan fingerprint density at radius 1 is 1.13 bits per heavy atom. The third kappa shape index (κ3) is 4.85. The van der Waals surface area contributed by atoms with Crippen LogP contribution in [-0.4, -0.2) is 53.7 Å². The fraction of sp³-hybridized carbons (Fsp3) is 0.520. The summed E-state index contributed by atoms with van der Waals surface area (Å²) in [4.78, 5) is 27.7. The summed E-state index contributed by atoms with van der Waals surface area (Å²) in [6.07, 6.45) is 6.74. The summed E-state index contributed by atoms with van der Waals surface area (Å²) < 4.78 is 5.32. The number of phenolic OH excluding ortho intramolecular Hbond substituents is 1.